The minimum atomic E-state index is 0.353. The summed E-state index contributed by atoms with van der Waals surface area (Å²) in [5.41, 5.74) is 3.64. The van der Waals surface area contributed by atoms with E-state index in [1.54, 1.807) is 0 Å². The van der Waals surface area contributed by atoms with Gasteiger partial charge in [-0.25, -0.2) is 4.98 Å². The summed E-state index contributed by atoms with van der Waals surface area (Å²) in [6, 6.07) is 1.95. The lowest BCUT2D eigenvalue weighted by molar-refractivity contribution is 0.488. The average Bonchev–Trinajstić information content (AvgIpc) is 2.53. The van der Waals surface area contributed by atoms with E-state index in [-0.39, 0.29) is 0 Å². The first kappa shape index (κ1) is 10.8. The van der Waals surface area contributed by atoms with Crippen LogP contribution in [0, 0.1) is 6.92 Å². The Bertz CT molecular complexity index is 519. The van der Waals surface area contributed by atoms with E-state index in [4.69, 9.17) is 16.0 Å². The van der Waals surface area contributed by atoms with E-state index in [9.17, 15) is 0 Å². The summed E-state index contributed by atoms with van der Waals surface area (Å²) in [7, 11) is 0. The number of halogens is 1. The Morgan fingerprint density at radius 1 is 1.47 bits per heavy atom. The molecule has 0 bridgehead atoms. The fourth-order valence-electron chi connectivity index (χ4n) is 1.61. The van der Waals surface area contributed by atoms with Crippen molar-refractivity contribution in [3.8, 4) is 0 Å². The predicted octanol–water partition coefficient (Wildman–Crippen LogP) is 4.20. The number of nitrogens with zero attached hydrogens (tertiary/aromatic N) is 1. The SMILES string of the molecule is Cc1c(Cl)cc(C(C)C)c2oc(S)nc12. The molecule has 1 heterocycles. The zero-order chi connectivity index (χ0) is 11.2. The maximum Gasteiger partial charge on any atom is 0.253 e. The number of hydrogen-bond donors (Lipinski definition) is 1. The topological polar surface area (TPSA) is 26.0 Å². The second-order valence-corrected chi connectivity index (χ2v) is 4.69. The number of thiol groups is 1. The second kappa shape index (κ2) is 3.72. The largest absolute Gasteiger partial charge is 0.431 e. The zero-order valence-electron chi connectivity index (χ0n) is 8.84. The summed E-state index contributed by atoms with van der Waals surface area (Å²) in [6.45, 7) is 6.13. The van der Waals surface area contributed by atoms with Gasteiger partial charge >= 0.3 is 0 Å². The molecule has 2 aromatic rings. The minimum Gasteiger partial charge on any atom is -0.431 e. The van der Waals surface area contributed by atoms with Gasteiger partial charge in [-0.2, -0.15) is 0 Å². The van der Waals surface area contributed by atoms with Crippen LogP contribution in [0.25, 0.3) is 11.1 Å². The van der Waals surface area contributed by atoms with E-state index in [2.05, 4.69) is 31.5 Å². The fourth-order valence-corrected chi connectivity index (χ4v) is 2.01. The smallest absolute Gasteiger partial charge is 0.253 e. The summed E-state index contributed by atoms with van der Waals surface area (Å²) >= 11 is 10.3. The maximum absolute atomic E-state index is 6.14. The molecule has 0 aliphatic carbocycles. The number of fused-ring (bicyclic) bond motifs is 1. The Balaban J connectivity index is 2.87. The molecule has 0 atom stereocenters. The van der Waals surface area contributed by atoms with Gasteiger partial charge in [-0.1, -0.05) is 38.1 Å². The highest BCUT2D eigenvalue weighted by Gasteiger charge is 2.15. The van der Waals surface area contributed by atoms with Gasteiger partial charge in [-0.05, 0) is 24.5 Å². The van der Waals surface area contributed by atoms with Crippen LogP contribution in [0.15, 0.2) is 15.7 Å². The van der Waals surface area contributed by atoms with Crippen molar-refractivity contribution in [3.63, 3.8) is 0 Å². The summed E-state index contributed by atoms with van der Waals surface area (Å²) in [5, 5.41) is 1.12. The highest BCUT2D eigenvalue weighted by molar-refractivity contribution is 7.80. The van der Waals surface area contributed by atoms with Crippen molar-refractivity contribution in [2.75, 3.05) is 0 Å². The molecular weight excluding hydrogens is 230 g/mol. The number of hydrogen-bond acceptors (Lipinski definition) is 3. The van der Waals surface area contributed by atoms with Gasteiger partial charge in [0.1, 0.15) is 5.52 Å². The molecule has 0 spiro atoms. The van der Waals surface area contributed by atoms with Crippen molar-refractivity contribution in [1.29, 1.82) is 0 Å². The Hall–Kier alpha value is -0.670. The molecule has 0 aliphatic rings. The lowest BCUT2D eigenvalue weighted by Gasteiger charge is -2.07. The summed E-state index contributed by atoms with van der Waals surface area (Å²) in [5.74, 6) is 0.353. The molecule has 0 saturated heterocycles. The molecule has 0 aliphatic heterocycles. The molecular formula is C11H12ClNOS. The maximum atomic E-state index is 6.14. The number of aromatic nitrogens is 1. The first-order valence-corrected chi connectivity index (χ1v) is 5.61. The van der Waals surface area contributed by atoms with Crippen molar-refractivity contribution in [2.45, 2.75) is 31.9 Å². The third-order valence-corrected chi connectivity index (χ3v) is 3.08. The average molecular weight is 242 g/mol. The van der Waals surface area contributed by atoms with Gasteiger partial charge in [-0.3, -0.25) is 0 Å². The lowest BCUT2D eigenvalue weighted by Crippen LogP contribution is -1.90. The standard InChI is InChI=1S/C11H12ClNOS/c1-5(2)7-4-8(12)6(3)9-10(7)14-11(15)13-9/h4-5H,1-3H3,(H,13,15). The highest BCUT2D eigenvalue weighted by atomic mass is 35.5. The van der Waals surface area contributed by atoms with Crippen molar-refractivity contribution >= 4 is 35.3 Å². The molecule has 15 heavy (non-hydrogen) atoms. The van der Waals surface area contributed by atoms with Gasteiger partial charge in [0.05, 0.1) is 0 Å². The fraction of sp³-hybridized carbons (Fsp3) is 0.364. The van der Waals surface area contributed by atoms with E-state index in [1.807, 2.05) is 13.0 Å². The molecule has 80 valence electrons. The Labute approximate surface area is 99.0 Å². The molecule has 4 heteroatoms. The normalized spacial score (nSPS) is 11.6. The first-order valence-electron chi connectivity index (χ1n) is 4.79. The molecule has 1 aromatic carbocycles. The van der Waals surface area contributed by atoms with E-state index in [0.717, 1.165) is 27.2 Å². The van der Waals surface area contributed by atoms with Crippen molar-refractivity contribution in [2.24, 2.45) is 0 Å². The number of benzene rings is 1. The van der Waals surface area contributed by atoms with Gasteiger partial charge < -0.3 is 4.42 Å². The van der Waals surface area contributed by atoms with Gasteiger partial charge in [0.25, 0.3) is 5.22 Å². The molecule has 2 rings (SSSR count). The van der Waals surface area contributed by atoms with Crippen LogP contribution in [-0.4, -0.2) is 4.98 Å². The second-order valence-electron chi connectivity index (χ2n) is 3.90. The van der Waals surface area contributed by atoms with Crippen LogP contribution in [-0.2, 0) is 0 Å². The number of aryl methyl sites for hydroxylation is 1. The molecule has 0 radical (unpaired) electrons. The van der Waals surface area contributed by atoms with E-state index < -0.39 is 0 Å². The highest BCUT2D eigenvalue weighted by Crippen LogP contribution is 2.33. The molecule has 0 saturated carbocycles. The van der Waals surface area contributed by atoms with Crippen LogP contribution < -0.4 is 0 Å². The number of rotatable bonds is 1. The van der Waals surface area contributed by atoms with E-state index >= 15 is 0 Å². The van der Waals surface area contributed by atoms with Crippen molar-refractivity contribution in [1.82, 2.24) is 4.98 Å². The molecule has 2 nitrogen and oxygen atoms in total. The molecule has 0 fully saturated rings. The summed E-state index contributed by atoms with van der Waals surface area (Å²) in [6.07, 6.45) is 0. The van der Waals surface area contributed by atoms with Gasteiger partial charge in [-0.15, -0.1) is 0 Å². The predicted molar refractivity (Wildman–Crippen MR) is 65.1 cm³/mol. The third kappa shape index (κ3) is 1.74. The monoisotopic (exact) mass is 241 g/mol. The van der Waals surface area contributed by atoms with Crippen molar-refractivity contribution in [3.05, 3.63) is 22.2 Å². The lowest BCUT2D eigenvalue weighted by atomic mass is 10.0. The Morgan fingerprint density at radius 2 is 2.13 bits per heavy atom. The van der Waals surface area contributed by atoms with Gasteiger partial charge in [0.2, 0.25) is 0 Å². The third-order valence-electron chi connectivity index (χ3n) is 2.50. The van der Waals surface area contributed by atoms with E-state index in [1.165, 1.54) is 0 Å². The van der Waals surface area contributed by atoms with Crippen LogP contribution in [0.2, 0.25) is 5.02 Å². The van der Waals surface area contributed by atoms with Crippen LogP contribution >= 0.6 is 24.2 Å². The quantitative estimate of drug-likeness (QED) is 0.758. The van der Waals surface area contributed by atoms with Crippen LogP contribution in [0.3, 0.4) is 0 Å². The molecule has 0 unspecified atom stereocenters. The van der Waals surface area contributed by atoms with Crippen LogP contribution in [0.4, 0.5) is 0 Å². The molecule has 1 aromatic heterocycles. The van der Waals surface area contributed by atoms with Gasteiger partial charge in [0, 0.05) is 10.6 Å². The first-order chi connectivity index (χ1) is 7.00. The van der Waals surface area contributed by atoms with Gasteiger partial charge in [0.15, 0.2) is 5.58 Å². The zero-order valence-corrected chi connectivity index (χ0v) is 10.5. The van der Waals surface area contributed by atoms with Crippen molar-refractivity contribution < 1.29 is 4.42 Å². The molecule has 0 N–H and O–H groups in total. The van der Waals surface area contributed by atoms with E-state index in [0.29, 0.717) is 11.1 Å². The number of oxazole rings is 1. The Morgan fingerprint density at radius 3 is 2.73 bits per heavy atom. The molecule has 0 amide bonds. The Kier molecular flexibility index (Phi) is 2.69. The summed E-state index contributed by atoms with van der Waals surface area (Å²) in [4.78, 5) is 4.23. The summed E-state index contributed by atoms with van der Waals surface area (Å²) < 4.78 is 5.49. The van der Waals surface area contributed by atoms with Crippen LogP contribution in [0.1, 0.15) is 30.9 Å². The minimum absolute atomic E-state index is 0.353. The van der Waals surface area contributed by atoms with Crippen LogP contribution in [0.5, 0.6) is 0 Å².